The van der Waals surface area contributed by atoms with Crippen LogP contribution in [0.5, 0.6) is 0 Å². The van der Waals surface area contributed by atoms with Crippen molar-refractivity contribution in [2.75, 3.05) is 11.9 Å². The van der Waals surface area contributed by atoms with Crippen LogP contribution in [0.25, 0.3) is 0 Å². The van der Waals surface area contributed by atoms with Gasteiger partial charge in [-0.1, -0.05) is 13.8 Å². The Morgan fingerprint density at radius 3 is 2.89 bits per heavy atom. The molecule has 2 heterocycles. The van der Waals surface area contributed by atoms with Crippen molar-refractivity contribution in [3.05, 3.63) is 18.2 Å². The van der Waals surface area contributed by atoms with Gasteiger partial charge >= 0.3 is 0 Å². The van der Waals surface area contributed by atoms with Crippen molar-refractivity contribution in [2.24, 2.45) is 0 Å². The van der Waals surface area contributed by atoms with E-state index in [4.69, 9.17) is 0 Å². The number of nitrogens with zero attached hydrogens (tertiary/aromatic N) is 4. The van der Waals surface area contributed by atoms with Crippen LogP contribution in [0.15, 0.2) is 21.8 Å². The van der Waals surface area contributed by atoms with Gasteiger partial charge in [-0.2, -0.15) is 4.37 Å². The molecule has 0 unspecified atom stereocenters. The van der Waals surface area contributed by atoms with E-state index in [2.05, 4.69) is 38.5 Å². The fourth-order valence-electron chi connectivity index (χ4n) is 1.32. The van der Waals surface area contributed by atoms with Gasteiger partial charge in [0.05, 0.1) is 0 Å². The van der Waals surface area contributed by atoms with Gasteiger partial charge in [-0.05, 0) is 29.7 Å². The monoisotopic (exact) mass is 281 g/mol. The minimum atomic E-state index is 0.825. The van der Waals surface area contributed by atoms with Crippen molar-refractivity contribution >= 4 is 29.1 Å². The molecule has 5 nitrogen and oxygen atoms in total. The molecular formula is C11H15N5S2. The van der Waals surface area contributed by atoms with Gasteiger partial charge in [-0.25, -0.2) is 15.0 Å². The van der Waals surface area contributed by atoms with E-state index in [9.17, 15) is 0 Å². The number of anilines is 1. The fourth-order valence-corrected chi connectivity index (χ4v) is 2.74. The Morgan fingerprint density at radius 1 is 1.33 bits per heavy atom. The van der Waals surface area contributed by atoms with Gasteiger partial charge in [0.2, 0.25) is 0 Å². The van der Waals surface area contributed by atoms with Crippen molar-refractivity contribution in [2.45, 2.75) is 36.1 Å². The van der Waals surface area contributed by atoms with Gasteiger partial charge in [0, 0.05) is 19.0 Å². The van der Waals surface area contributed by atoms with Gasteiger partial charge in [-0.15, -0.1) is 0 Å². The van der Waals surface area contributed by atoms with Crippen LogP contribution in [0.1, 0.15) is 26.1 Å². The molecule has 1 N–H and O–H groups in total. The zero-order valence-electron chi connectivity index (χ0n) is 10.4. The van der Waals surface area contributed by atoms with Crippen LogP contribution in [0, 0.1) is 0 Å². The second kappa shape index (κ2) is 6.65. The molecule has 2 aromatic rings. The lowest BCUT2D eigenvalue weighted by Crippen LogP contribution is -2.05. The predicted octanol–water partition coefficient (Wildman–Crippen LogP) is 2.86. The Kier molecular flexibility index (Phi) is 4.89. The second-order valence-corrected chi connectivity index (χ2v) is 5.64. The zero-order valence-corrected chi connectivity index (χ0v) is 12.0. The minimum absolute atomic E-state index is 0.825. The molecule has 0 aliphatic rings. The normalized spacial score (nSPS) is 10.6. The third-order valence-corrected chi connectivity index (χ3v) is 3.79. The SMILES string of the molecule is CCCNc1cc(Sc2ncns2)nc(CC)n1. The Labute approximate surface area is 115 Å². The summed E-state index contributed by atoms with van der Waals surface area (Å²) in [4.78, 5) is 13.1. The molecule has 0 radical (unpaired) electrons. The second-order valence-electron chi connectivity index (χ2n) is 3.60. The van der Waals surface area contributed by atoms with Gasteiger partial charge in [0.25, 0.3) is 0 Å². The van der Waals surface area contributed by atoms with E-state index < -0.39 is 0 Å². The molecule has 0 saturated heterocycles. The maximum absolute atomic E-state index is 4.49. The standard InChI is InChI=1S/C11H15N5S2/c1-3-5-12-9-6-10(16-8(4-2)15-9)17-11-13-7-14-18-11/h6-7H,3-5H2,1-2H3,(H,12,15,16). The van der Waals surface area contributed by atoms with E-state index in [0.717, 1.165) is 40.4 Å². The summed E-state index contributed by atoms with van der Waals surface area (Å²) in [6, 6.07) is 1.96. The maximum Gasteiger partial charge on any atom is 0.175 e. The molecule has 0 aliphatic heterocycles. The maximum atomic E-state index is 4.49. The summed E-state index contributed by atoms with van der Waals surface area (Å²) in [6.07, 6.45) is 3.46. The molecule has 0 aromatic carbocycles. The van der Waals surface area contributed by atoms with Crippen LogP contribution < -0.4 is 5.32 Å². The Hall–Kier alpha value is -1.21. The smallest absolute Gasteiger partial charge is 0.175 e. The molecule has 0 amide bonds. The minimum Gasteiger partial charge on any atom is -0.370 e. The van der Waals surface area contributed by atoms with E-state index >= 15 is 0 Å². The molecular weight excluding hydrogens is 266 g/mol. The molecule has 2 aromatic heterocycles. The predicted molar refractivity (Wildman–Crippen MR) is 74.2 cm³/mol. The molecule has 0 bridgehead atoms. The van der Waals surface area contributed by atoms with Crippen molar-refractivity contribution < 1.29 is 0 Å². The first-order valence-electron chi connectivity index (χ1n) is 5.88. The lowest BCUT2D eigenvalue weighted by Gasteiger charge is -2.07. The van der Waals surface area contributed by atoms with Gasteiger partial charge in [-0.3, -0.25) is 0 Å². The van der Waals surface area contributed by atoms with E-state index in [-0.39, 0.29) is 0 Å². The average molecular weight is 281 g/mol. The van der Waals surface area contributed by atoms with Crippen LogP contribution >= 0.6 is 23.3 Å². The van der Waals surface area contributed by atoms with Crippen molar-refractivity contribution in [3.8, 4) is 0 Å². The summed E-state index contributed by atoms with van der Waals surface area (Å²) in [5.41, 5.74) is 0. The lowest BCUT2D eigenvalue weighted by atomic mass is 10.4. The fraction of sp³-hybridized carbons (Fsp3) is 0.455. The van der Waals surface area contributed by atoms with Crippen LogP contribution in [-0.2, 0) is 6.42 Å². The first kappa shape index (κ1) is 13.2. The van der Waals surface area contributed by atoms with E-state index in [1.165, 1.54) is 23.3 Å². The molecule has 2 rings (SSSR count). The third-order valence-electron chi connectivity index (χ3n) is 2.15. The zero-order chi connectivity index (χ0) is 12.8. The number of rotatable bonds is 6. The molecule has 0 atom stereocenters. The van der Waals surface area contributed by atoms with Gasteiger partial charge in [0.15, 0.2) is 4.34 Å². The summed E-state index contributed by atoms with van der Waals surface area (Å²) in [5, 5.41) is 4.21. The highest BCUT2D eigenvalue weighted by Crippen LogP contribution is 2.27. The molecule has 0 fully saturated rings. The third kappa shape index (κ3) is 3.64. The number of nitrogens with one attached hydrogen (secondary N) is 1. The molecule has 18 heavy (non-hydrogen) atoms. The summed E-state index contributed by atoms with van der Waals surface area (Å²) >= 11 is 2.90. The van der Waals surface area contributed by atoms with Crippen LogP contribution in [0.4, 0.5) is 5.82 Å². The van der Waals surface area contributed by atoms with Crippen LogP contribution in [0.2, 0.25) is 0 Å². The van der Waals surface area contributed by atoms with Crippen molar-refractivity contribution in [1.29, 1.82) is 0 Å². The van der Waals surface area contributed by atoms with Gasteiger partial charge < -0.3 is 5.32 Å². The summed E-state index contributed by atoms with van der Waals surface area (Å²) in [6.45, 7) is 5.10. The first-order valence-corrected chi connectivity index (χ1v) is 7.47. The van der Waals surface area contributed by atoms with E-state index in [1.807, 2.05) is 6.07 Å². The highest BCUT2D eigenvalue weighted by molar-refractivity contribution is 8.00. The highest BCUT2D eigenvalue weighted by atomic mass is 32.2. The Morgan fingerprint density at radius 2 is 2.22 bits per heavy atom. The van der Waals surface area contributed by atoms with E-state index in [1.54, 1.807) is 6.33 Å². The largest absolute Gasteiger partial charge is 0.370 e. The molecule has 0 saturated carbocycles. The average Bonchev–Trinajstić information content (AvgIpc) is 2.89. The Bertz CT molecular complexity index is 486. The highest BCUT2D eigenvalue weighted by Gasteiger charge is 2.07. The van der Waals surface area contributed by atoms with E-state index in [0.29, 0.717) is 0 Å². The summed E-state index contributed by atoms with van der Waals surface area (Å²) < 4.78 is 4.88. The van der Waals surface area contributed by atoms with Crippen LogP contribution in [-0.4, -0.2) is 25.9 Å². The molecule has 7 heteroatoms. The summed E-state index contributed by atoms with van der Waals surface area (Å²) in [7, 11) is 0. The number of aromatic nitrogens is 4. The van der Waals surface area contributed by atoms with Crippen molar-refractivity contribution in [1.82, 2.24) is 19.3 Å². The first-order chi connectivity index (χ1) is 8.81. The lowest BCUT2D eigenvalue weighted by molar-refractivity contribution is 0.877. The number of hydrogen-bond donors (Lipinski definition) is 1. The molecule has 0 spiro atoms. The quantitative estimate of drug-likeness (QED) is 0.821. The summed E-state index contributed by atoms with van der Waals surface area (Å²) in [5.74, 6) is 1.74. The van der Waals surface area contributed by atoms with Gasteiger partial charge in [0.1, 0.15) is 23.0 Å². The Balaban J connectivity index is 2.17. The van der Waals surface area contributed by atoms with Crippen LogP contribution in [0.3, 0.4) is 0 Å². The number of aryl methyl sites for hydroxylation is 1. The number of hydrogen-bond acceptors (Lipinski definition) is 7. The molecule has 96 valence electrons. The van der Waals surface area contributed by atoms with Crippen molar-refractivity contribution in [3.63, 3.8) is 0 Å². The topological polar surface area (TPSA) is 63.6 Å². The molecule has 0 aliphatic carbocycles.